The van der Waals surface area contributed by atoms with E-state index in [4.69, 9.17) is 4.74 Å². The predicted molar refractivity (Wildman–Crippen MR) is 148 cm³/mol. The molecule has 3 heterocycles. The second-order valence-electron chi connectivity index (χ2n) is 9.77. The van der Waals surface area contributed by atoms with Crippen molar-refractivity contribution in [3.8, 4) is 5.75 Å². The number of rotatable bonds is 10. The van der Waals surface area contributed by atoms with Crippen LogP contribution in [0.1, 0.15) is 53.2 Å². The van der Waals surface area contributed by atoms with Crippen LogP contribution in [0.4, 0.5) is 5.69 Å². The smallest absolute Gasteiger partial charge is 0.251 e. The Morgan fingerprint density at radius 1 is 1.17 bits per heavy atom. The molecule has 1 aliphatic heterocycles. The van der Waals surface area contributed by atoms with Crippen LogP contribution in [0.2, 0.25) is 0 Å². The number of aryl methyl sites for hydroxylation is 2. The lowest BCUT2D eigenvalue weighted by molar-refractivity contribution is 0.0943. The van der Waals surface area contributed by atoms with E-state index in [1.54, 1.807) is 30.8 Å². The third kappa shape index (κ3) is 6.45. The van der Waals surface area contributed by atoms with Gasteiger partial charge in [-0.1, -0.05) is 0 Å². The molecule has 1 aromatic carbocycles. The Bertz CT molecular complexity index is 1090. The Morgan fingerprint density at radius 3 is 2.47 bits per heavy atom. The van der Waals surface area contributed by atoms with Gasteiger partial charge in [0.05, 0.1) is 7.11 Å². The number of hydrogen-bond donors (Lipinski definition) is 1. The molecule has 0 radical (unpaired) electrons. The molecule has 1 saturated heterocycles. The number of anilines is 1. The van der Waals surface area contributed by atoms with Crippen molar-refractivity contribution in [1.82, 2.24) is 15.2 Å². The van der Waals surface area contributed by atoms with Crippen LogP contribution in [0.25, 0.3) is 0 Å². The van der Waals surface area contributed by atoms with Crippen molar-refractivity contribution in [2.24, 2.45) is 0 Å². The first-order valence-electron chi connectivity index (χ1n) is 12.8. The van der Waals surface area contributed by atoms with Gasteiger partial charge in [0.1, 0.15) is 5.75 Å². The van der Waals surface area contributed by atoms with Gasteiger partial charge in [-0.05, 0) is 97.8 Å². The molecule has 7 heteroatoms. The molecule has 1 aliphatic rings. The molecule has 0 bridgehead atoms. The SMILES string of the molecule is COc1ccc(N(Cc2ccsc2)C2CCN(C(C)CCNC(=O)c3c(C)cncc3C)CC2)cc1. The lowest BCUT2D eigenvalue weighted by Crippen LogP contribution is -2.48. The van der Waals surface area contributed by atoms with Crippen molar-refractivity contribution in [1.29, 1.82) is 0 Å². The van der Waals surface area contributed by atoms with Crippen molar-refractivity contribution in [3.05, 3.63) is 75.7 Å². The first kappa shape index (κ1) is 26.2. The number of nitrogens with zero attached hydrogens (tertiary/aromatic N) is 3. The minimum Gasteiger partial charge on any atom is -0.497 e. The number of aromatic nitrogens is 1. The Morgan fingerprint density at radius 2 is 1.86 bits per heavy atom. The molecular weight excluding hydrogens is 468 g/mol. The highest BCUT2D eigenvalue weighted by atomic mass is 32.1. The van der Waals surface area contributed by atoms with Gasteiger partial charge in [-0.3, -0.25) is 9.78 Å². The normalized spacial score (nSPS) is 15.4. The molecule has 0 saturated carbocycles. The van der Waals surface area contributed by atoms with Gasteiger partial charge in [-0.15, -0.1) is 0 Å². The van der Waals surface area contributed by atoms with Crippen LogP contribution in [-0.2, 0) is 6.54 Å². The second-order valence-corrected chi connectivity index (χ2v) is 10.5. The summed E-state index contributed by atoms with van der Waals surface area (Å²) >= 11 is 1.76. The summed E-state index contributed by atoms with van der Waals surface area (Å²) in [5, 5.41) is 7.52. The average molecular weight is 507 g/mol. The van der Waals surface area contributed by atoms with Gasteiger partial charge in [-0.25, -0.2) is 0 Å². The lowest BCUT2D eigenvalue weighted by Gasteiger charge is -2.42. The number of benzene rings is 1. The number of piperidine rings is 1. The van der Waals surface area contributed by atoms with Crippen molar-refractivity contribution >= 4 is 22.9 Å². The van der Waals surface area contributed by atoms with Crippen molar-refractivity contribution in [2.45, 2.75) is 58.7 Å². The first-order chi connectivity index (χ1) is 17.5. The number of pyridine rings is 1. The summed E-state index contributed by atoms with van der Waals surface area (Å²) < 4.78 is 5.37. The van der Waals surface area contributed by atoms with Crippen LogP contribution >= 0.6 is 11.3 Å². The van der Waals surface area contributed by atoms with E-state index in [-0.39, 0.29) is 5.91 Å². The van der Waals surface area contributed by atoms with Gasteiger partial charge in [0.15, 0.2) is 0 Å². The van der Waals surface area contributed by atoms with E-state index in [1.165, 1.54) is 11.3 Å². The van der Waals surface area contributed by atoms with Crippen LogP contribution in [0.15, 0.2) is 53.5 Å². The zero-order valence-corrected chi connectivity index (χ0v) is 22.7. The van der Waals surface area contributed by atoms with Crippen molar-refractivity contribution < 1.29 is 9.53 Å². The zero-order valence-electron chi connectivity index (χ0n) is 21.9. The van der Waals surface area contributed by atoms with Crippen LogP contribution in [0.3, 0.4) is 0 Å². The van der Waals surface area contributed by atoms with Crippen molar-refractivity contribution in [2.75, 3.05) is 31.6 Å². The molecule has 0 aliphatic carbocycles. The van der Waals surface area contributed by atoms with Gasteiger partial charge in [0, 0.05) is 61.9 Å². The molecule has 1 fully saturated rings. The number of amides is 1. The highest BCUT2D eigenvalue weighted by Crippen LogP contribution is 2.29. The van der Waals surface area contributed by atoms with Gasteiger partial charge in [-0.2, -0.15) is 11.3 Å². The second kappa shape index (κ2) is 12.4. The number of carbonyl (C=O) groups is 1. The van der Waals surface area contributed by atoms with E-state index in [2.05, 4.69) is 68.1 Å². The maximum absolute atomic E-state index is 12.7. The van der Waals surface area contributed by atoms with E-state index < -0.39 is 0 Å². The molecule has 1 N–H and O–H groups in total. The molecule has 1 atom stereocenters. The van der Waals surface area contributed by atoms with E-state index in [0.717, 1.165) is 61.3 Å². The number of likely N-dealkylation sites (tertiary alicyclic amines) is 1. The number of carbonyl (C=O) groups excluding carboxylic acids is 1. The fourth-order valence-corrected chi connectivity index (χ4v) is 5.81. The average Bonchev–Trinajstić information content (AvgIpc) is 3.41. The molecule has 192 valence electrons. The predicted octanol–water partition coefficient (Wildman–Crippen LogP) is 5.45. The van der Waals surface area contributed by atoms with E-state index >= 15 is 0 Å². The minimum atomic E-state index is 0.00173. The number of hydrogen-bond acceptors (Lipinski definition) is 6. The van der Waals surface area contributed by atoms with Gasteiger partial charge in [0.2, 0.25) is 0 Å². The Hall–Kier alpha value is -2.90. The maximum Gasteiger partial charge on any atom is 0.251 e. The zero-order chi connectivity index (χ0) is 25.5. The molecule has 4 rings (SSSR count). The number of nitrogens with one attached hydrogen (secondary N) is 1. The van der Waals surface area contributed by atoms with E-state index in [0.29, 0.717) is 18.6 Å². The minimum absolute atomic E-state index is 0.00173. The largest absolute Gasteiger partial charge is 0.497 e. The topological polar surface area (TPSA) is 57.7 Å². The summed E-state index contributed by atoms with van der Waals surface area (Å²) in [6, 6.07) is 11.6. The van der Waals surface area contributed by atoms with Crippen LogP contribution < -0.4 is 15.0 Å². The Labute approximate surface area is 219 Å². The summed E-state index contributed by atoms with van der Waals surface area (Å²) in [6.45, 7) is 9.90. The molecule has 0 spiro atoms. The van der Waals surface area contributed by atoms with E-state index in [9.17, 15) is 4.79 Å². The number of methoxy groups -OCH3 is 1. The maximum atomic E-state index is 12.7. The fraction of sp³-hybridized carbons (Fsp3) is 0.448. The van der Waals surface area contributed by atoms with E-state index in [1.807, 2.05) is 13.8 Å². The molecule has 1 unspecified atom stereocenters. The highest BCUT2D eigenvalue weighted by molar-refractivity contribution is 7.07. The fourth-order valence-electron chi connectivity index (χ4n) is 5.15. The summed E-state index contributed by atoms with van der Waals surface area (Å²) in [4.78, 5) is 22.0. The number of ether oxygens (including phenoxy) is 1. The number of thiophene rings is 1. The summed E-state index contributed by atoms with van der Waals surface area (Å²) in [6.07, 6.45) is 6.70. The van der Waals surface area contributed by atoms with Crippen LogP contribution in [0, 0.1) is 13.8 Å². The lowest BCUT2D eigenvalue weighted by atomic mass is 9.99. The molecule has 1 amide bonds. The quantitative estimate of drug-likeness (QED) is 0.396. The molecule has 6 nitrogen and oxygen atoms in total. The Balaban J connectivity index is 1.31. The summed E-state index contributed by atoms with van der Waals surface area (Å²) in [7, 11) is 1.71. The monoisotopic (exact) mass is 506 g/mol. The molecular formula is C29H38N4O2S. The van der Waals surface area contributed by atoms with Gasteiger partial charge < -0.3 is 19.9 Å². The van der Waals surface area contributed by atoms with Crippen molar-refractivity contribution in [3.63, 3.8) is 0 Å². The third-order valence-corrected chi connectivity index (χ3v) is 8.03. The summed E-state index contributed by atoms with van der Waals surface area (Å²) in [5.41, 5.74) is 5.21. The highest BCUT2D eigenvalue weighted by Gasteiger charge is 2.27. The van der Waals surface area contributed by atoms with Crippen LogP contribution in [0.5, 0.6) is 5.75 Å². The summed E-state index contributed by atoms with van der Waals surface area (Å²) in [5.74, 6) is 0.890. The standard InChI is InChI=1S/C29H38N4O2S/c1-21-17-30-18-22(2)28(21)29(34)31-13-9-23(3)32-14-10-26(11-15-32)33(19-24-12-16-36-20-24)25-5-7-27(35-4)8-6-25/h5-8,12,16-18,20,23,26H,9-11,13-15,19H2,1-4H3,(H,31,34). The van der Waals surface area contributed by atoms with Crippen LogP contribution in [-0.4, -0.2) is 54.6 Å². The molecule has 3 aromatic rings. The Kier molecular flexibility index (Phi) is 8.99. The molecule has 2 aromatic heterocycles. The van der Waals surface area contributed by atoms with Gasteiger partial charge in [0.25, 0.3) is 5.91 Å². The first-order valence-corrected chi connectivity index (χ1v) is 13.8. The third-order valence-electron chi connectivity index (χ3n) is 7.30. The van der Waals surface area contributed by atoms with Gasteiger partial charge >= 0.3 is 0 Å². The molecule has 36 heavy (non-hydrogen) atoms.